The Balaban J connectivity index is 1.71. The Labute approximate surface area is 181 Å². The number of anilines is 1. The summed E-state index contributed by atoms with van der Waals surface area (Å²) in [5, 5.41) is 15.9. The van der Waals surface area contributed by atoms with E-state index in [1.807, 2.05) is 25.1 Å². The van der Waals surface area contributed by atoms with E-state index in [2.05, 4.69) is 10.3 Å². The van der Waals surface area contributed by atoms with Crippen molar-refractivity contribution in [3.63, 3.8) is 0 Å². The maximum atomic E-state index is 13.3. The van der Waals surface area contributed by atoms with Crippen LogP contribution in [-0.2, 0) is 4.79 Å². The summed E-state index contributed by atoms with van der Waals surface area (Å²) in [4.78, 5) is 41.4. The van der Waals surface area contributed by atoms with Crippen LogP contribution in [0.15, 0.2) is 65.0 Å². The second kappa shape index (κ2) is 8.11. The Bertz CT molecular complexity index is 1360. The Hall–Kier alpha value is -3.85. The van der Waals surface area contributed by atoms with Crippen LogP contribution in [0.3, 0.4) is 0 Å². The first-order valence-electron chi connectivity index (χ1n) is 9.46. The number of benzene rings is 2. The molecule has 0 aliphatic carbocycles. The van der Waals surface area contributed by atoms with E-state index < -0.39 is 11.0 Å². The van der Waals surface area contributed by atoms with E-state index in [1.54, 1.807) is 30.5 Å². The zero-order chi connectivity index (χ0) is 22.1. The van der Waals surface area contributed by atoms with Gasteiger partial charge in [-0.2, -0.15) is 0 Å². The van der Waals surface area contributed by atoms with Crippen LogP contribution in [0.5, 0.6) is 0 Å². The highest BCUT2D eigenvalue weighted by molar-refractivity contribution is 7.17. The first-order valence-corrected chi connectivity index (χ1v) is 10.3. The van der Waals surface area contributed by atoms with Gasteiger partial charge in [-0.25, -0.2) is 4.98 Å². The summed E-state index contributed by atoms with van der Waals surface area (Å²) >= 11 is 1.31. The lowest BCUT2D eigenvalue weighted by Crippen LogP contribution is -2.31. The van der Waals surface area contributed by atoms with Crippen LogP contribution in [0.25, 0.3) is 21.3 Å². The first-order chi connectivity index (χ1) is 14.9. The molecule has 8 nitrogen and oxygen atoms in total. The van der Waals surface area contributed by atoms with Crippen LogP contribution in [0.1, 0.15) is 18.5 Å². The lowest BCUT2D eigenvalue weighted by molar-refractivity contribution is -0.384. The van der Waals surface area contributed by atoms with Gasteiger partial charge in [-0.3, -0.25) is 24.3 Å². The molecular formula is C22H18N4O4S. The third-order valence-corrected chi connectivity index (χ3v) is 5.99. The number of fused-ring (bicyclic) bond motifs is 1. The highest BCUT2D eigenvalue weighted by atomic mass is 32.1. The molecule has 156 valence electrons. The number of nitrogens with one attached hydrogen (secondary N) is 1. The van der Waals surface area contributed by atoms with E-state index >= 15 is 0 Å². The zero-order valence-corrected chi connectivity index (χ0v) is 17.6. The number of nitro groups is 1. The predicted octanol–water partition coefficient (Wildman–Crippen LogP) is 4.54. The molecular weight excluding hydrogens is 416 g/mol. The second-order valence-electron chi connectivity index (χ2n) is 7.07. The quantitative estimate of drug-likeness (QED) is 0.366. The summed E-state index contributed by atoms with van der Waals surface area (Å²) < 4.78 is 1.30. The number of nitrogens with zero attached hydrogens (tertiary/aromatic N) is 3. The minimum Gasteiger partial charge on any atom is -0.324 e. The molecule has 0 fully saturated rings. The van der Waals surface area contributed by atoms with Gasteiger partial charge < -0.3 is 5.32 Å². The van der Waals surface area contributed by atoms with Gasteiger partial charge in [0.15, 0.2) is 0 Å². The third kappa shape index (κ3) is 3.82. The number of nitro benzene ring substituents is 1. The number of hydrogen-bond donors (Lipinski definition) is 1. The standard InChI is InChI=1S/C22H18N4O4S/c1-13-5-3-4-6-18(13)24-20(27)14(2)25-12-23-21-19(22(25)28)17(11-31-21)15-7-9-16(10-8-15)26(29)30/h3-12,14H,1-2H3,(H,24,27). The monoisotopic (exact) mass is 434 g/mol. The van der Waals surface area contributed by atoms with Gasteiger partial charge in [0.2, 0.25) is 5.91 Å². The molecule has 4 rings (SSSR count). The fourth-order valence-corrected chi connectivity index (χ4v) is 4.18. The maximum Gasteiger partial charge on any atom is 0.269 e. The van der Waals surface area contributed by atoms with Gasteiger partial charge in [-0.1, -0.05) is 18.2 Å². The number of rotatable bonds is 5. The van der Waals surface area contributed by atoms with E-state index in [0.29, 0.717) is 27.0 Å². The number of carbonyl (C=O) groups is 1. The largest absolute Gasteiger partial charge is 0.324 e. The summed E-state index contributed by atoms with van der Waals surface area (Å²) in [7, 11) is 0. The number of aryl methyl sites for hydroxylation is 1. The lowest BCUT2D eigenvalue weighted by Gasteiger charge is -2.16. The molecule has 1 unspecified atom stereocenters. The normalized spacial score (nSPS) is 11.9. The van der Waals surface area contributed by atoms with Gasteiger partial charge in [-0.15, -0.1) is 11.3 Å². The van der Waals surface area contributed by atoms with Crippen molar-refractivity contribution in [2.75, 3.05) is 5.32 Å². The number of thiophene rings is 1. The molecule has 0 aliphatic rings. The second-order valence-corrected chi connectivity index (χ2v) is 7.93. The number of hydrogen-bond acceptors (Lipinski definition) is 6. The number of carbonyl (C=O) groups excluding carboxylic acids is 1. The van der Waals surface area contributed by atoms with Gasteiger partial charge >= 0.3 is 0 Å². The Morgan fingerprint density at radius 2 is 1.90 bits per heavy atom. The molecule has 0 spiro atoms. The molecule has 2 aromatic heterocycles. The highest BCUT2D eigenvalue weighted by Crippen LogP contribution is 2.32. The first kappa shape index (κ1) is 20.4. The predicted molar refractivity (Wildman–Crippen MR) is 120 cm³/mol. The molecule has 1 atom stereocenters. The third-order valence-electron chi connectivity index (χ3n) is 5.11. The van der Waals surface area contributed by atoms with Crippen LogP contribution in [-0.4, -0.2) is 20.4 Å². The molecule has 0 aliphatic heterocycles. The van der Waals surface area contributed by atoms with Crippen molar-refractivity contribution < 1.29 is 9.72 Å². The number of aromatic nitrogens is 2. The Morgan fingerprint density at radius 3 is 2.58 bits per heavy atom. The van der Waals surface area contributed by atoms with Crippen molar-refractivity contribution in [1.82, 2.24) is 9.55 Å². The molecule has 4 aromatic rings. The van der Waals surface area contributed by atoms with Gasteiger partial charge in [0, 0.05) is 28.8 Å². The van der Waals surface area contributed by atoms with Crippen LogP contribution < -0.4 is 10.9 Å². The highest BCUT2D eigenvalue weighted by Gasteiger charge is 2.21. The number of non-ortho nitro benzene ring substituents is 1. The van der Waals surface area contributed by atoms with Crippen LogP contribution in [0.4, 0.5) is 11.4 Å². The van der Waals surface area contributed by atoms with Gasteiger partial charge in [0.25, 0.3) is 11.2 Å². The molecule has 1 amide bonds. The van der Waals surface area contributed by atoms with Crippen molar-refractivity contribution in [3.05, 3.63) is 86.3 Å². The van der Waals surface area contributed by atoms with Crippen molar-refractivity contribution in [3.8, 4) is 11.1 Å². The van der Waals surface area contributed by atoms with Crippen molar-refractivity contribution in [2.24, 2.45) is 0 Å². The minimum absolute atomic E-state index is 0.0275. The van der Waals surface area contributed by atoms with Gasteiger partial charge in [0.05, 0.1) is 16.6 Å². The van der Waals surface area contributed by atoms with Gasteiger partial charge in [-0.05, 0) is 43.2 Å². The molecule has 0 saturated heterocycles. The van der Waals surface area contributed by atoms with E-state index in [9.17, 15) is 19.7 Å². The topological polar surface area (TPSA) is 107 Å². The summed E-state index contributed by atoms with van der Waals surface area (Å²) in [6.07, 6.45) is 1.38. The molecule has 31 heavy (non-hydrogen) atoms. The van der Waals surface area contributed by atoms with E-state index in [-0.39, 0.29) is 17.2 Å². The molecule has 2 heterocycles. The average molecular weight is 434 g/mol. The molecule has 2 aromatic carbocycles. The summed E-state index contributed by atoms with van der Waals surface area (Å²) in [6.45, 7) is 3.53. The van der Waals surface area contributed by atoms with Crippen molar-refractivity contribution in [2.45, 2.75) is 19.9 Å². The summed E-state index contributed by atoms with van der Waals surface area (Å²) in [6, 6.07) is 12.6. The van der Waals surface area contributed by atoms with E-state index in [4.69, 9.17) is 0 Å². The molecule has 0 saturated carbocycles. The van der Waals surface area contributed by atoms with Crippen molar-refractivity contribution in [1.29, 1.82) is 0 Å². The molecule has 1 N–H and O–H groups in total. The SMILES string of the molecule is Cc1ccccc1NC(=O)C(C)n1cnc2scc(-c3ccc([N+](=O)[O-])cc3)c2c1=O. The van der Waals surface area contributed by atoms with Crippen LogP contribution >= 0.6 is 11.3 Å². The van der Waals surface area contributed by atoms with Crippen LogP contribution in [0.2, 0.25) is 0 Å². The smallest absolute Gasteiger partial charge is 0.269 e. The summed E-state index contributed by atoms with van der Waals surface area (Å²) in [5.74, 6) is -0.329. The summed E-state index contributed by atoms with van der Waals surface area (Å²) in [5.41, 5.74) is 2.54. The van der Waals surface area contributed by atoms with E-state index in [1.165, 1.54) is 34.4 Å². The number of para-hydroxylation sites is 1. The van der Waals surface area contributed by atoms with Crippen LogP contribution in [0, 0.1) is 17.0 Å². The molecule has 0 bridgehead atoms. The molecule has 0 radical (unpaired) electrons. The Kier molecular flexibility index (Phi) is 5.35. The minimum atomic E-state index is -0.784. The average Bonchev–Trinajstić information content (AvgIpc) is 3.20. The maximum absolute atomic E-state index is 13.3. The van der Waals surface area contributed by atoms with Gasteiger partial charge in [0.1, 0.15) is 10.9 Å². The fraction of sp³-hybridized carbons (Fsp3) is 0.136. The van der Waals surface area contributed by atoms with E-state index in [0.717, 1.165) is 5.56 Å². The number of amides is 1. The van der Waals surface area contributed by atoms with Crippen molar-refractivity contribution >= 4 is 38.8 Å². The lowest BCUT2D eigenvalue weighted by atomic mass is 10.1. The Morgan fingerprint density at radius 1 is 1.19 bits per heavy atom. The fourth-order valence-electron chi connectivity index (χ4n) is 3.27. The molecule has 9 heteroatoms. The zero-order valence-electron chi connectivity index (χ0n) is 16.7.